The van der Waals surface area contributed by atoms with Crippen LogP contribution in [0.25, 0.3) is 23.6 Å². The van der Waals surface area contributed by atoms with E-state index < -0.39 is 0 Å². The van der Waals surface area contributed by atoms with E-state index >= 15 is 0 Å². The molecule has 0 aliphatic heterocycles. The third-order valence-corrected chi connectivity index (χ3v) is 2.44. The van der Waals surface area contributed by atoms with E-state index in [4.69, 9.17) is 4.42 Å². The molecule has 0 saturated heterocycles. The molecule has 2 heteroatoms. The van der Waals surface area contributed by atoms with Crippen molar-refractivity contribution in [2.75, 3.05) is 0 Å². The summed E-state index contributed by atoms with van der Waals surface area (Å²) < 4.78 is 5.52. The second kappa shape index (κ2) is 3.81. The molecule has 0 N–H and O–H groups in total. The third kappa shape index (κ3) is 1.58. The van der Waals surface area contributed by atoms with Crippen LogP contribution in [0.4, 0.5) is 0 Å². The zero-order valence-electron chi connectivity index (χ0n) is 9.12. The molecule has 80 valence electrons. The van der Waals surface area contributed by atoms with Crippen LogP contribution < -0.4 is 16.1 Å². The fourth-order valence-electron chi connectivity index (χ4n) is 1.65. The predicted molar refractivity (Wildman–Crippen MR) is 66.7 cm³/mol. The summed E-state index contributed by atoms with van der Waals surface area (Å²) in [6, 6.07) is 5.50. The smallest absolute Gasteiger partial charge is 0.200 e. The summed E-state index contributed by atoms with van der Waals surface area (Å²) >= 11 is 0. The normalized spacial score (nSPS) is 11.9. The van der Waals surface area contributed by atoms with Crippen LogP contribution in [0.2, 0.25) is 0 Å². The third-order valence-electron chi connectivity index (χ3n) is 2.44. The van der Waals surface area contributed by atoms with Gasteiger partial charge in [-0.2, -0.15) is 0 Å². The second-order valence-electron chi connectivity index (χ2n) is 3.67. The fraction of sp³-hybridized carbons (Fsp3) is 0.0714. The number of hydrogen-bond acceptors (Lipinski definition) is 2. The SMILES string of the molecule is C=C/C=c1\c(=C)oc2cc(C)ccc2c1=O. The van der Waals surface area contributed by atoms with Gasteiger partial charge in [0.15, 0.2) is 5.43 Å². The van der Waals surface area contributed by atoms with E-state index in [1.54, 1.807) is 18.2 Å². The molecule has 2 aromatic rings. The van der Waals surface area contributed by atoms with E-state index in [1.807, 2.05) is 19.1 Å². The van der Waals surface area contributed by atoms with Crippen molar-refractivity contribution < 1.29 is 4.42 Å². The van der Waals surface area contributed by atoms with E-state index in [-0.39, 0.29) is 5.43 Å². The van der Waals surface area contributed by atoms with Crippen molar-refractivity contribution in [1.82, 2.24) is 0 Å². The maximum absolute atomic E-state index is 12.1. The van der Waals surface area contributed by atoms with Crippen molar-refractivity contribution in [3.8, 4) is 0 Å². The van der Waals surface area contributed by atoms with Crippen molar-refractivity contribution >= 4 is 23.6 Å². The Kier molecular flexibility index (Phi) is 2.49. The molecule has 0 saturated carbocycles. The van der Waals surface area contributed by atoms with Crippen molar-refractivity contribution in [2.24, 2.45) is 0 Å². The first kappa shape index (κ1) is 10.4. The van der Waals surface area contributed by atoms with E-state index in [9.17, 15) is 4.79 Å². The van der Waals surface area contributed by atoms with Gasteiger partial charge in [0, 0.05) is 0 Å². The number of allylic oxidation sites excluding steroid dienone is 1. The monoisotopic (exact) mass is 212 g/mol. The molecular formula is C14H12O2. The zero-order valence-corrected chi connectivity index (χ0v) is 9.12. The molecular weight excluding hydrogens is 200 g/mol. The number of benzene rings is 1. The molecule has 1 aromatic carbocycles. The molecule has 0 amide bonds. The van der Waals surface area contributed by atoms with Gasteiger partial charge in [-0.15, -0.1) is 0 Å². The fourth-order valence-corrected chi connectivity index (χ4v) is 1.65. The van der Waals surface area contributed by atoms with Crippen LogP contribution in [-0.4, -0.2) is 0 Å². The highest BCUT2D eigenvalue weighted by Crippen LogP contribution is 2.08. The highest BCUT2D eigenvalue weighted by molar-refractivity contribution is 5.77. The Morgan fingerprint density at radius 3 is 2.81 bits per heavy atom. The first-order chi connectivity index (χ1) is 7.63. The molecule has 16 heavy (non-hydrogen) atoms. The lowest BCUT2D eigenvalue weighted by molar-refractivity contribution is 0.560. The van der Waals surface area contributed by atoms with Crippen molar-refractivity contribution in [2.45, 2.75) is 6.92 Å². The molecule has 0 spiro atoms. The number of hydrogen-bond donors (Lipinski definition) is 0. The first-order valence-electron chi connectivity index (χ1n) is 4.98. The maximum atomic E-state index is 12.1. The summed E-state index contributed by atoms with van der Waals surface area (Å²) in [5.74, 6) is 0. The molecule has 0 fully saturated rings. The minimum atomic E-state index is -0.0637. The van der Waals surface area contributed by atoms with Crippen LogP contribution in [0, 0.1) is 6.92 Å². The number of rotatable bonds is 1. The van der Waals surface area contributed by atoms with Crippen molar-refractivity contribution in [1.29, 1.82) is 0 Å². The molecule has 0 aliphatic carbocycles. The van der Waals surface area contributed by atoms with Crippen molar-refractivity contribution in [3.63, 3.8) is 0 Å². The Balaban J connectivity index is 3.07. The quantitative estimate of drug-likeness (QED) is 0.716. The second-order valence-corrected chi connectivity index (χ2v) is 3.67. The van der Waals surface area contributed by atoms with Gasteiger partial charge >= 0.3 is 0 Å². The molecule has 1 heterocycles. The van der Waals surface area contributed by atoms with Crippen LogP contribution in [0.3, 0.4) is 0 Å². The van der Waals surface area contributed by atoms with Gasteiger partial charge in [0.25, 0.3) is 0 Å². The lowest BCUT2D eigenvalue weighted by Gasteiger charge is -1.98. The average Bonchev–Trinajstić information content (AvgIpc) is 2.23. The zero-order chi connectivity index (χ0) is 11.7. The van der Waals surface area contributed by atoms with Gasteiger partial charge in [0.2, 0.25) is 0 Å². The Bertz CT molecular complexity index is 721. The van der Waals surface area contributed by atoms with Gasteiger partial charge in [-0.25, -0.2) is 0 Å². The molecule has 0 atom stereocenters. The van der Waals surface area contributed by atoms with Gasteiger partial charge in [0.1, 0.15) is 11.0 Å². The topological polar surface area (TPSA) is 30.2 Å². The van der Waals surface area contributed by atoms with Gasteiger partial charge in [-0.3, -0.25) is 4.79 Å². The van der Waals surface area contributed by atoms with Gasteiger partial charge in [0.05, 0.1) is 10.6 Å². The van der Waals surface area contributed by atoms with Crippen LogP contribution in [0.1, 0.15) is 5.56 Å². The minimum absolute atomic E-state index is 0.0637. The van der Waals surface area contributed by atoms with Gasteiger partial charge in [-0.05, 0) is 30.7 Å². The van der Waals surface area contributed by atoms with E-state index in [0.717, 1.165) is 5.56 Å². The number of fused-ring (bicyclic) bond motifs is 1. The van der Waals surface area contributed by atoms with Gasteiger partial charge < -0.3 is 4.42 Å². The summed E-state index contributed by atoms with van der Waals surface area (Å²) in [5, 5.41) is 1.04. The van der Waals surface area contributed by atoms with Crippen LogP contribution in [0.15, 0.2) is 40.1 Å². The minimum Gasteiger partial charge on any atom is -0.456 e. The summed E-state index contributed by atoms with van der Waals surface area (Å²) in [5.41, 5.74) is 1.95. The summed E-state index contributed by atoms with van der Waals surface area (Å²) in [7, 11) is 0. The highest BCUT2D eigenvalue weighted by atomic mass is 16.3. The Labute approximate surface area is 92.8 Å². The van der Waals surface area contributed by atoms with E-state index in [1.165, 1.54) is 0 Å². The van der Waals surface area contributed by atoms with Crippen LogP contribution in [-0.2, 0) is 0 Å². The molecule has 2 nitrogen and oxygen atoms in total. The lowest BCUT2D eigenvalue weighted by Crippen LogP contribution is -2.37. The van der Waals surface area contributed by atoms with E-state index in [0.29, 0.717) is 21.6 Å². The largest absolute Gasteiger partial charge is 0.456 e. The first-order valence-corrected chi connectivity index (χ1v) is 4.98. The number of aryl methyl sites for hydroxylation is 1. The van der Waals surface area contributed by atoms with Crippen LogP contribution >= 0.6 is 0 Å². The Hall–Kier alpha value is -2.09. The lowest BCUT2D eigenvalue weighted by atomic mass is 10.1. The molecule has 0 radical (unpaired) electrons. The highest BCUT2D eigenvalue weighted by Gasteiger charge is 2.02. The predicted octanol–water partition coefficient (Wildman–Crippen LogP) is 1.48. The average molecular weight is 212 g/mol. The standard InChI is InChI=1S/C14H12O2/c1-4-5-11-10(3)16-13-8-9(2)6-7-12(13)14(11)15/h4-8H,1,3H2,2H3/b11-5+. The Morgan fingerprint density at radius 2 is 2.12 bits per heavy atom. The summed E-state index contributed by atoms with van der Waals surface area (Å²) in [6.45, 7) is 9.25. The maximum Gasteiger partial charge on any atom is 0.200 e. The summed E-state index contributed by atoms with van der Waals surface area (Å²) in [4.78, 5) is 12.1. The Morgan fingerprint density at radius 1 is 1.38 bits per heavy atom. The van der Waals surface area contributed by atoms with Crippen molar-refractivity contribution in [3.05, 3.63) is 57.3 Å². The molecule has 0 aliphatic rings. The molecule has 0 unspecified atom stereocenters. The van der Waals surface area contributed by atoms with Gasteiger partial charge in [-0.1, -0.05) is 25.3 Å². The van der Waals surface area contributed by atoms with E-state index in [2.05, 4.69) is 13.2 Å². The molecule has 2 rings (SSSR count). The summed E-state index contributed by atoms with van der Waals surface area (Å²) in [6.07, 6.45) is 3.18. The molecule has 1 aromatic heterocycles. The molecule has 0 bridgehead atoms. The van der Waals surface area contributed by atoms with Crippen LogP contribution in [0.5, 0.6) is 0 Å².